The number of hydrogen-bond donors (Lipinski definition) is 1. The maximum absolute atomic E-state index is 6.08. The van der Waals surface area contributed by atoms with E-state index in [0.29, 0.717) is 29.0 Å². The third-order valence-electron chi connectivity index (χ3n) is 4.69. The number of hydrogen-bond acceptors (Lipinski definition) is 6. The van der Waals surface area contributed by atoms with Gasteiger partial charge in [-0.25, -0.2) is 9.97 Å². The standard InChI is InChI=1S/C15H19N5O/c16-12-11(8-17-13(18-12)9-4-1-2-5-9)14-19-15(21-20-14)10-6-3-7-10/h8-10H,1-7H2,(H2,16,17,18). The van der Waals surface area contributed by atoms with Crippen molar-refractivity contribution in [3.05, 3.63) is 17.9 Å². The van der Waals surface area contributed by atoms with Crippen LogP contribution in [-0.2, 0) is 0 Å². The largest absolute Gasteiger partial charge is 0.383 e. The molecule has 21 heavy (non-hydrogen) atoms. The topological polar surface area (TPSA) is 90.7 Å². The zero-order chi connectivity index (χ0) is 14.2. The van der Waals surface area contributed by atoms with Gasteiger partial charge in [-0.3, -0.25) is 0 Å². The molecule has 2 aliphatic rings. The van der Waals surface area contributed by atoms with Gasteiger partial charge in [0.2, 0.25) is 11.7 Å². The van der Waals surface area contributed by atoms with Gasteiger partial charge in [-0.2, -0.15) is 4.98 Å². The van der Waals surface area contributed by atoms with Crippen LogP contribution in [0, 0.1) is 0 Å². The smallest absolute Gasteiger partial charge is 0.230 e. The molecule has 4 rings (SSSR count). The van der Waals surface area contributed by atoms with Crippen molar-refractivity contribution in [2.45, 2.75) is 56.8 Å². The molecule has 0 saturated heterocycles. The Kier molecular flexibility index (Phi) is 3.09. The summed E-state index contributed by atoms with van der Waals surface area (Å²) in [5, 5.41) is 4.03. The zero-order valence-electron chi connectivity index (χ0n) is 12.0. The quantitative estimate of drug-likeness (QED) is 0.932. The van der Waals surface area contributed by atoms with E-state index in [9.17, 15) is 0 Å². The molecule has 0 atom stereocenters. The lowest BCUT2D eigenvalue weighted by Gasteiger charge is -2.20. The Morgan fingerprint density at radius 3 is 2.43 bits per heavy atom. The Balaban J connectivity index is 1.60. The summed E-state index contributed by atoms with van der Waals surface area (Å²) in [6.45, 7) is 0. The molecule has 2 aromatic rings. The van der Waals surface area contributed by atoms with Crippen molar-refractivity contribution < 1.29 is 4.52 Å². The molecule has 0 radical (unpaired) electrons. The average Bonchev–Trinajstić information content (AvgIpc) is 3.07. The van der Waals surface area contributed by atoms with Gasteiger partial charge in [-0.1, -0.05) is 24.4 Å². The maximum atomic E-state index is 6.08. The first-order valence-corrected chi connectivity index (χ1v) is 7.77. The minimum absolute atomic E-state index is 0.422. The highest BCUT2D eigenvalue weighted by molar-refractivity contribution is 5.66. The van der Waals surface area contributed by atoms with Crippen molar-refractivity contribution in [2.75, 3.05) is 5.73 Å². The minimum Gasteiger partial charge on any atom is -0.383 e. The van der Waals surface area contributed by atoms with E-state index < -0.39 is 0 Å². The SMILES string of the molecule is Nc1nc(C2CCCC2)ncc1-c1noc(C2CCC2)n1. The second-order valence-corrected chi connectivity index (χ2v) is 6.09. The van der Waals surface area contributed by atoms with E-state index in [0.717, 1.165) is 37.4 Å². The lowest BCUT2D eigenvalue weighted by Crippen LogP contribution is -2.09. The summed E-state index contributed by atoms with van der Waals surface area (Å²) < 4.78 is 5.34. The van der Waals surface area contributed by atoms with Gasteiger partial charge in [-0.15, -0.1) is 0 Å². The molecule has 0 bridgehead atoms. The second kappa shape index (κ2) is 5.09. The third-order valence-corrected chi connectivity index (χ3v) is 4.69. The van der Waals surface area contributed by atoms with E-state index in [-0.39, 0.29) is 0 Å². The van der Waals surface area contributed by atoms with Gasteiger partial charge in [-0.05, 0) is 25.7 Å². The molecule has 2 saturated carbocycles. The van der Waals surface area contributed by atoms with Crippen LogP contribution in [0.2, 0.25) is 0 Å². The summed E-state index contributed by atoms with van der Waals surface area (Å²) >= 11 is 0. The molecular weight excluding hydrogens is 266 g/mol. The Morgan fingerprint density at radius 2 is 1.76 bits per heavy atom. The molecule has 0 aromatic carbocycles. The Bertz CT molecular complexity index is 643. The summed E-state index contributed by atoms with van der Waals surface area (Å²) in [6.07, 6.45) is 10.1. The monoisotopic (exact) mass is 285 g/mol. The summed E-state index contributed by atoms with van der Waals surface area (Å²) in [5.41, 5.74) is 6.75. The third kappa shape index (κ3) is 2.28. The van der Waals surface area contributed by atoms with Crippen molar-refractivity contribution in [3.63, 3.8) is 0 Å². The van der Waals surface area contributed by atoms with E-state index in [1.807, 2.05) is 0 Å². The number of aromatic nitrogens is 4. The van der Waals surface area contributed by atoms with Gasteiger partial charge in [0.25, 0.3) is 0 Å². The molecule has 110 valence electrons. The second-order valence-electron chi connectivity index (χ2n) is 6.09. The van der Waals surface area contributed by atoms with Gasteiger partial charge in [0.05, 0.1) is 5.56 Å². The first kappa shape index (κ1) is 12.7. The normalized spacial score (nSPS) is 19.8. The number of anilines is 1. The molecule has 6 nitrogen and oxygen atoms in total. The van der Waals surface area contributed by atoms with Crippen molar-refractivity contribution in [2.24, 2.45) is 0 Å². The van der Waals surface area contributed by atoms with Crippen molar-refractivity contribution >= 4 is 5.82 Å². The van der Waals surface area contributed by atoms with E-state index in [1.54, 1.807) is 6.20 Å². The van der Waals surface area contributed by atoms with Crippen LogP contribution in [-0.4, -0.2) is 20.1 Å². The molecule has 2 fully saturated rings. The lowest BCUT2D eigenvalue weighted by atomic mass is 9.85. The zero-order valence-corrected chi connectivity index (χ0v) is 12.0. The Labute approximate surface area is 123 Å². The van der Waals surface area contributed by atoms with Gasteiger partial charge >= 0.3 is 0 Å². The van der Waals surface area contributed by atoms with E-state index in [2.05, 4.69) is 20.1 Å². The molecule has 2 aromatic heterocycles. The summed E-state index contributed by atoms with van der Waals surface area (Å²) in [6, 6.07) is 0. The van der Waals surface area contributed by atoms with E-state index >= 15 is 0 Å². The number of nitrogen functional groups attached to an aromatic ring is 1. The average molecular weight is 285 g/mol. The van der Waals surface area contributed by atoms with Crippen LogP contribution in [0.4, 0.5) is 5.82 Å². The molecule has 0 spiro atoms. The van der Waals surface area contributed by atoms with Gasteiger partial charge in [0.15, 0.2) is 0 Å². The summed E-state index contributed by atoms with van der Waals surface area (Å²) in [7, 11) is 0. The van der Waals surface area contributed by atoms with Gasteiger partial charge in [0.1, 0.15) is 11.6 Å². The highest BCUT2D eigenvalue weighted by atomic mass is 16.5. The first-order valence-electron chi connectivity index (χ1n) is 7.77. The molecule has 6 heteroatoms. The van der Waals surface area contributed by atoms with E-state index in [1.165, 1.54) is 19.3 Å². The fraction of sp³-hybridized carbons (Fsp3) is 0.600. The first-order chi connectivity index (χ1) is 10.3. The fourth-order valence-corrected chi connectivity index (χ4v) is 3.13. The molecule has 0 aliphatic heterocycles. The molecule has 2 aliphatic carbocycles. The molecule has 0 amide bonds. The highest BCUT2D eigenvalue weighted by Crippen LogP contribution is 2.37. The van der Waals surface area contributed by atoms with Crippen LogP contribution in [0.1, 0.15) is 68.5 Å². The predicted octanol–water partition coefficient (Wildman–Crippen LogP) is 3.03. The number of rotatable bonds is 3. The highest BCUT2D eigenvalue weighted by Gasteiger charge is 2.26. The van der Waals surface area contributed by atoms with Crippen molar-refractivity contribution in [1.29, 1.82) is 0 Å². The van der Waals surface area contributed by atoms with Gasteiger partial charge < -0.3 is 10.3 Å². The molecular formula is C15H19N5O. The van der Waals surface area contributed by atoms with Crippen LogP contribution < -0.4 is 5.73 Å². The maximum Gasteiger partial charge on any atom is 0.230 e. The van der Waals surface area contributed by atoms with Crippen molar-refractivity contribution in [1.82, 2.24) is 20.1 Å². The molecule has 0 unspecified atom stereocenters. The molecule has 2 heterocycles. The van der Waals surface area contributed by atoms with Crippen molar-refractivity contribution in [3.8, 4) is 11.4 Å². The van der Waals surface area contributed by atoms with Gasteiger partial charge in [0, 0.05) is 18.0 Å². The van der Waals surface area contributed by atoms with Crippen LogP contribution >= 0.6 is 0 Å². The Hall–Kier alpha value is -1.98. The van der Waals surface area contributed by atoms with Crippen LogP contribution in [0.15, 0.2) is 10.7 Å². The number of nitrogens with zero attached hydrogens (tertiary/aromatic N) is 4. The van der Waals surface area contributed by atoms with Crippen LogP contribution in [0.5, 0.6) is 0 Å². The van der Waals surface area contributed by atoms with Crippen LogP contribution in [0.25, 0.3) is 11.4 Å². The minimum atomic E-state index is 0.422. The molecule has 2 N–H and O–H groups in total. The Morgan fingerprint density at radius 1 is 1.00 bits per heavy atom. The predicted molar refractivity (Wildman–Crippen MR) is 77.5 cm³/mol. The van der Waals surface area contributed by atoms with E-state index in [4.69, 9.17) is 10.3 Å². The fourth-order valence-electron chi connectivity index (χ4n) is 3.13. The lowest BCUT2D eigenvalue weighted by molar-refractivity contribution is 0.292. The number of nitrogens with two attached hydrogens (primary N) is 1. The summed E-state index contributed by atoms with van der Waals surface area (Å²) in [4.78, 5) is 13.4. The van der Waals surface area contributed by atoms with Crippen LogP contribution in [0.3, 0.4) is 0 Å². The summed E-state index contributed by atoms with van der Waals surface area (Å²) in [5.74, 6) is 3.41.